The number of carbonyl (C=O) groups excluding carboxylic acids is 1. The quantitative estimate of drug-likeness (QED) is 0.485. The number of furan rings is 1. The SMILES string of the molecule is COc1cccc(-c2noc3nc(C)cc(C(=O)NC(C)CCc4ccco4)c23)c1. The van der Waals surface area contributed by atoms with Crippen LogP contribution in [0.5, 0.6) is 5.75 Å². The molecule has 4 aromatic rings. The standard InChI is InChI=1S/C23H23N3O4/c1-14(9-10-17-8-5-11-29-17)24-22(27)19-12-15(2)25-23-20(19)21(26-30-23)16-6-4-7-18(13-16)28-3/h4-8,11-14H,9-10H2,1-3H3,(H,24,27). The highest BCUT2D eigenvalue weighted by Gasteiger charge is 2.22. The van der Waals surface area contributed by atoms with Gasteiger partial charge in [-0.25, -0.2) is 4.98 Å². The van der Waals surface area contributed by atoms with Gasteiger partial charge in [0.05, 0.1) is 24.3 Å². The molecule has 1 atom stereocenters. The summed E-state index contributed by atoms with van der Waals surface area (Å²) in [6.45, 7) is 3.80. The highest BCUT2D eigenvalue weighted by atomic mass is 16.5. The van der Waals surface area contributed by atoms with Crippen molar-refractivity contribution in [2.75, 3.05) is 7.11 Å². The molecule has 7 heteroatoms. The number of methoxy groups -OCH3 is 1. The Labute approximate surface area is 174 Å². The number of benzene rings is 1. The van der Waals surface area contributed by atoms with Crippen molar-refractivity contribution >= 4 is 17.0 Å². The third kappa shape index (κ3) is 4.05. The zero-order valence-electron chi connectivity index (χ0n) is 17.1. The first kappa shape index (κ1) is 19.7. The van der Waals surface area contributed by atoms with Crippen LogP contribution in [0.25, 0.3) is 22.4 Å². The highest BCUT2D eigenvalue weighted by Crippen LogP contribution is 2.32. The Kier molecular flexibility index (Phi) is 5.52. The van der Waals surface area contributed by atoms with E-state index in [-0.39, 0.29) is 11.9 Å². The van der Waals surface area contributed by atoms with Gasteiger partial charge >= 0.3 is 0 Å². The van der Waals surface area contributed by atoms with E-state index in [9.17, 15) is 4.79 Å². The third-order valence-corrected chi connectivity index (χ3v) is 4.94. The Morgan fingerprint density at radius 3 is 2.87 bits per heavy atom. The Hall–Kier alpha value is -3.61. The van der Waals surface area contributed by atoms with Crippen molar-refractivity contribution in [1.82, 2.24) is 15.5 Å². The van der Waals surface area contributed by atoms with Gasteiger partial charge in [-0.1, -0.05) is 17.3 Å². The predicted molar refractivity (Wildman–Crippen MR) is 112 cm³/mol. The van der Waals surface area contributed by atoms with Crippen LogP contribution in [0.3, 0.4) is 0 Å². The molecule has 1 amide bonds. The fourth-order valence-electron chi connectivity index (χ4n) is 3.41. The molecule has 3 heterocycles. The topological polar surface area (TPSA) is 90.4 Å². The van der Waals surface area contributed by atoms with Crippen molar-refractivity contribution in [3.8, 4) is 17.0 Å². The van der Waals surface area contributed by atoms with Crippen molar-refractivity contribution in [1.29, 1.82) is 0 Å². The van der Waals surface area contributed by atoms with Gasteiger partial charge < -0.3 is 19.0 Å². The molecule has 0 saturated carbocycles. The number of pyridine rings is 1. The van der Waals surface area contributed by atoms with Gasteiger partial charge in [-0.05, 0) is 50.6 Å². The molecule has 1 aromatic carbocycles. The number of carbonyl (C=O) groups is 1. The second-order valence-corrected chi connectivity index (χ2v) is 7.25. The molecule has 0 spiro atoms. The van der Waals surface area contributed by atoms with Gasteiger partial charge in [-0.3, -0.25) is 4.79 Å². The Morgan fingerprint density at radius 1 is 1.23 bits per heavy atom. The third-order valence-electron chi connectivity index (χ3n) is 4.94. The van der Waals surface area contributed by atoms with Crippen LogP contribution >= 0.6 is 0 Å². The first-order chi connectivity index (χ1) is 14.5. The van der Waals surface area contributed by atoms with Crippen LogP contribution in [-0.4, -0.2) is 29.2 Å². The summed E-state index contributed by atoms with van der Waals surface area (Å²) in [6.07, 6.45) is 3.17. The van der Waals surface area contributed by atoms with E-state index in [4.69, 9.17) is 13.7 Å². The van der Waals surface area contributed by atoms with Crippen molar-refractivity contribution in [3.05, 3.63) is 65.7 Å². The van der Waals surface area contributed by atoms with E-state index in [0.717, 1.165) is 24.2 Å². The number of nitrogens with zero attached hydrogens (tertiary/aromatic N) is 2. The molecule has 7 nitrogen and oxygen atoms in total. The Morgan fingerprint density at radius 2 is 2.10 bits per heavy atom. The van der Waals surface area contributed by atoms with E-state index in [1.54, 1.807) is 19.4 Å². The highest BCUT2D eigenvalue weighted by molar-refractivity contribution is 6.09. The summed E-state index contributed by atoms with van der Waals surface area (Å²) in [6, 6.07) is 13.0. The van der Waals surface area contributed by atoms with Gasteiger partial charge in [0, 0.05) is 23.7 Å². The summed E-state index contributed by atoms with van der Waals surface area (Å²) in [5.74, 6) is 1.41. The Balaban J connectivity index is 1.64. The average molecular weight is 405 g/mol. The van der Waals surface area contributed by atoms with E-state index in [1.165, 1.54) is 0 Å². The van der Waals surface area contributed by atoms with E-state index in [1.807, 2.05) is 50.2 Å². The number of hydrogen-bond acceptors (Lipinski definition) is 6. The Bertz CT molecular complexity index is 1160. The molecular weight excluding hydrogens is 382 g/mol. The minimum atomic E-state index is -0.190. The minimum absolute atomic E-state index is 0.0359. The van der Waals surface area contributed by atoms with Crippen LogP contribution < -0.4 is 10.1 Å². The maximum absolute atomic E-state index is 13.1. The summed E-state index contributed by atoms with van der Waals surface area (Å²) in [5.41, 5.74) is 2.86. The van der Waals surface area contributed by atoms with Crippen LogP contribution in [0.4, 0.5) is 0 Å². The van der Waals surface area contributed by atoms with E-state index < -0.39 is 0 Å². The first-order valence-corrected chi connectivity index (χ1v) is 9.80. The van der Waals surface area contributed by atoms with Crippen molar-refractivity contribution < 1.29 is 18.5 Å². The molecule has 0 aliphatic rings. The smallest absolute Gasteiger partial charge is 0.259 e. The number of aryl methyl sites for hydroxylation is 2. The van der Waals surface area contributed by atoms with Gasteiger partial charge in [0.2, 0.25) is 0 Å². The zero-order chi connectivity index (χ0) is 21.1. The normalized spacial score (nSPS) is 12.1. The molecule has 3 aromatic heterocycles. The van der Waals surface area contributed by atoms with Crippen LogP contribution in [0, 0.1) is 6.92 Å². The van der Waals surface area contributed by atoms with Crippen molar-refractivity contribution in [2.45, 2.75) is 32.7 Å². The monoisotopic (exact) mass is 405 g/mol. The summed E-state index contributed by atoms with van der Waals surface area (Å²) >= 11 is 0. The largest absolute Gasteiger partial charge is 0.497 e. The van der Waals surface area contributed by atoms with Gasteiger partial charge in [-0.2, -0.15) is 0 Å². The predicted octanol–water partition coefficient (Wildman–Crippen LogP) is 4.55. The second kappa shape index (κ2) is 8.41. The molecule has 0 aliphatic heterocycles. The molecule has 0 aliphatic carbocycles. The van der Waals surface area contributed by atoms with Crippen molar-refractivity contribution in [3.63, 3.8) is 0 Å². The van der Waals surface area contributed by atoms with Crippen molar-refractivity contribution in [2.24, 2.45) is 0 Å². The molecule has 1 N–H and O–H groups in total. The molecule has 0 fully saturated rings. The van der Waals surface area contributed by atoms with E-state index in [2.05, 4.69) is 15.5 Å². The van der Waals surface area contributed by atoms with Crippen LogP contribution in [0.2, 0.25) is 0 Å². The first-order valence-electron chi connectivity index (χ1n) is 9.80. The minimum Gasteiger partial charge on any atom is -0.497 e. The van der Waals surface area contributed by atoms with Gasteiger partial charge in [0.1, 0.15) is 17.2 Å². The van der Waals surface area contributed by atoms with Gasteiger partial charge in [0.25, 0.3) is 11.6 Å². The summed E-state index contributed by atoms with van der Waals surface area (Å²) in [4.78, 5) is 17.5. The fraction of sp³-hybridized carbons (Fsp3) is 0.261. The maximum Gasteiger partial charge on any atom is 0.259 e. The summed E-state index contributed by atoms with van der Waals surface area (Å²) < 4.78 is 16.1. The number of hydrogen-bond donors (Lipinski definition) is 1. The average Bonchev–Trinajstić information content (AvgIpc) is 3.41. The molecule has 154 valence electrons. The lowest BCUT2D eigenvalue weighted by Crippen LogP contribution is -2.33. The molecule has 0 bridgehead atoms. The lowest BCUT2D eigenvalue weighted by Gasteiger charge is -2.14. The van der Waals surface area contributed by atoms with Gasteiger partial charge in [0.15, 0.2) is 0 Å². The van der Waals surface area contributed by atoms with Crippen LogP contribution in [-0.2, 0) is 6.42 Å². The van der Waals surface area contributed by atoms with Crippen LogP contribution in [0.15, 0.2) is 57.7 Å². The van der Waals surface area contributed by atoms with E-state index in [0.29, 0.717) is 33.8 Å². The zero-order valence-corrected chi connectivity index (χ0v) is 17.1. The lowest BCUT2D eigenvalue weighted by molar-refractivity contribution is 0.0939. The molecular formula is C23H23N3O4. The van der Waals surface area contributed by atoms with Crippen LogP contribution in [0.1, 0.15) is 35.2 Å². The fourth-order valence-corrected chi connectivity index (χ4v) is 3.41. The molecule has 1 unspecified atom stereocenters. The molecule has 4 rings (SSSR count). The maximum atomic E-state index is 13.1. The second-order valence-electron chi connectivity index (χ2n) is 7.25. The number of rotatable bonds is 7. The summed E-state index contributed by atoms with van der Waals surface area (Å²) in [5, 5.41) is 7.84. The molecule has 0 radical (unpaired) electrons. The lowest BCUT2D eigenvalue weighted by atomic mass is 10.0. The summed E-state index contributed by atoms with van der Waals surface area (Å²) in [7, 11) is 1.61. The van der Waals surface area contributed by atoms with E-state index >= 15 is 0 Å². The number of amides is 1. The molecule has 0 saturated heterocycles. The molecule has 30 heavy (non-hydrogen) atoms. The number of nitrogens with one attached hydrogen (secondary N) is 1. The number of fused-ring (bicyclic) bond motifs is 1. The van der Waals surface area contributed by atoms with Gasteiger partial charge in [-0.15, -0.1) is 0 Å². The number of ether oxygens (including phenoxy) is 1. The number of aromatic nitrogens is 2.